The number of hydrogen-bond donors (Lipinski definition) is 1. The monoisotopic (exact) mass is 238 g/mol. The van der Waals surface area contributed by atoms with Crippen LogP contribution in [0.5, 0.6) is 0 Å². The lowest BCUT2D eigenvalue weighted by molar-refractivity contribution is -0.0448. The molecular weight excluding hydrogens is 224 g/mol. The first-order chi connectivity index (χ1) is 8.27. The summed E-state index contributed by atoms with van der Waals surface area (Å²) in [6.07, 6.45) is 3.24. The molecule has 1 saturated heterocycles. The number of hydrogen-bond acceptors (Lipinski definition) is 6. The molecule has 2 atom stereocenters. The number of carbonyl (C=O) groups excluding carboxylic acids is 1. The van der Waals surface area contributed by atoms with Gasteiger partial charge < -0.3 is 15.4 Å². The third-order valence-electron chi connectivity index (χ3n) is 3.46. The quantitative estimate of drug-likeness (QED) is 0.742. The highest BCUT2D eigenvalue weighted by Gasteiger charge is 2.39. The Labute approximate surface area is 97.9 Å². The average molecular weight is 238 g/mol. The van der Waals surface area contributed by atoms with Crippen molar-refractivity contribution in [3.05, 3.63) is 5.69 Å². The molecule has 1 amide bonds. The Kier molecular flexibility index (Phi) is 2.47. The number of carbonyl (C=O) groups is 1. The first-order valence-corrected chi connectivity index (χ1v) is 5.78. The molecule has 1 aliphatic heterocycles. The van der Waals surface area contributed by atoms with Crippen LogP contribution in [0.1, 0.15) is 29.8 Å². The first-order valence-electron chi connectivity index (χ1n) is 5.78. The molecule has 2 unspecified atom stereocenters. The van der Waals surface area contributed by atoms with Gasteiger partial charge in [-0.3, -0.25) is 4.79 Å². The van der Waals surface area contributed by atoms with E-state index in [0.717, 1.165) is 19.3 Å². The zero-order chi connectivity index (χ0) is 11.8. The van der Waals surface area contributed by atoms with Gasteiger partial charge in [0.05, 0.1) is 18.8 Å². The molecule has 0 bridgehead atoms. The van der Waals surface area contributed by atoms with Crippen molar-refractivity contribution in [1.82, 2.24) is 15.2 Å². The highest BCUT2D eigenvalue weighted by Crippen LogP contribution is 2.30. The van der Waals surface area contributed by atoms with Gasteiger partial charge >= 0.3 is 0 Å². The van der Waals surface area contributed by atoms with Crippen LogP contribution in [0, 0.1) is 0 Å². The number of nitrogen functional groups attached to an aromatic ring is 1. The van der Waals surface area contributed by atoms with Crippen LogP contribution < -0.4 is 5.73 Å². The van der Waals surface area contributed by atoms with Crippen molar-refractivity contribution in [1.29, 1.82) is 0 Å². The van der Waals surface area contributed by atoms with Crippen LogP contribution in [0.4, 0.5) is 5.82 Å². The number of nitrogens with zero attached hydrogens (tertiary/aromatic N) is 3. The summed E-state index contributed by atoms with van der Waals surface area (Å²) in [5, 5.41) is 6.99. The predicted octanol–water partition coefficient (Wildman–Crippen LogP) is 0.0453. The van der Waals surface area contributed by atoms with Gasteiger partial charge in [-0.25, -0.2) is 4.63 Å². The number of aromatic nitrogens is 2. The normalized spacial score (nSPS) is 28.1. The zero-order valence-corrected chi connectivity index (χ0v) is 9.33. The molecule has 1 aromatic heterocycles. The highest BCUT2D eigenvalue weighted by molar-refractivity contribution is 5.96. The second kappa shape index (κ2) is 3.99. The molecule has 2 aliphatic rings. The second-order valence-electron chi connectivity index (χ2n) is 4.40. The summed E-state index contributed by atoms with van der Waals surface area (Å²) in [7, 11) is 0. The van der Waals surface area contributed by atoms with E-state index in [-0.39, 0.29) is 29.6 Å². The van der Waals surface area contributed by atoms with E-state index in [4.69, 9.17) is 10.5 Å². The van der Waals surface area contributed by atoms with E-state index in [2.05, 4.69) is 14.9 Å². The minimum Gasteiger partial charge on any atom is -0.379 e. The number of anilines is 1. The molecule has 1 aliphatic carbocycles. The highest BCUT2D eigenvalue weighted by atomic mass is 16.6. The maximum Gasteiger partial charge on any atom is 0.280 e. The molecule has 0 spiro atoms. The Bertz CT molecular complexity index is 433. The maximum atomic E-state index is 12.3. The van der Waals surface area contributed by atoms with E-state index in [1.807, 2.05) is 0 Å². The lowest BCUT2D eigenvalue weighted by Crippen LogP contribution is -2.51. The van der Waals surface area contributed by atoms with Gasteiger partial charge in [-0.05, 0) is 29.6 Å². The summed E-state index contributed by atoms with van der Waals surface area (Å²) >= 11 is 0. The van der Waals surface area contributed by atoms with Crippen molar-refractivity contribution in [2.45, 2.75) is 31.4 Å². The molecule has 1 saturated carbocycles. The Hall–Kier alpha value is -1.63. The fourth-order valence-electron chi connectivity index (χ4n) is 2.66. The third kappa shape index (κ3) is 1.66. The molecule has 2 fully saturated rings. The van der Waals surface area contributed by atoms with Crippen LogP contribution in [-0.2, 0) is 4.74 Å². The standard InChI is InChI=1S/C10H14N4O3/c11-9-8(12-17-13-9)10(15)14-4-5-16-7-3-1-2-6(7)14/h6-7H,1-5H2,(H2,11,13). The van der Waals surface area contributed by atoms with Gasteiger partial charge in [-0.2, -0.15) is 0 Å². The molecule has 1 aromatic rings. The molecule has 0 radical (unpaired) electrons. The Morgan fingerprint density at radius 1 is 1.41 bits per heavy atom. The molecule has 2 N–H and O–H groups in total. The number of nitrogens with two attached hydrogens (primary N) is 1. The number of fused-ring (bicyclic) bond motifs is 1. The molecule has 2 heterocycles. The minimum absolute atomic E-state index is 0.0519. The third-order valence-corrected chi connectivity index (χ3v) is 3.46. The molecule has 17 heavy (non-hydrogen) atoms. The number of amides is 1. The van der Waals surface area contributed by atoms with Crippen LogP contribution >= 0.6 is 0 Å². The molecule has 3 rings (SSSR count). The lowest BCUT2D eigenvalue weighted by Gasteiger charge is -2.37. The Morgan fingerprint density at radius 3 is 3.06 bits per heavy atom. The van der Waals surface area contributed by atoms with Crippen LogP contribution in [0.15, 0.2) is 4.63 Å². The Balaban J connectivity index is 1.83. The maximum absolute atomic E-state index is 12.3. The number of ether oxygens (including phenoxy) is 1. The molecule has 0 aromatic carbocycles. The van der Waals surface area contributed by atoms with Gasteiger partial charge in [0.2, 0.25) is 11.5 Å². The fourth-order valence-corrected chi connectivity index (χ4v) is 2.66. The fraction of sp³-hybridized carbons (Fsp3) is 0.700. The van der Waals surface area contributed by atoms with E-state index in [1.54, 1.807) is 4.90 Å². The van der Waals surface area contributed by atoms with Crippen molar-refractivity contribution in [3.63, 3.8) is 0 Å². The largest absolute Gasteiger partial charge is 0.379 e. The molecule has 7 heteroatoms. The van der Waals surface area contributed by atoms with Gasteiger partial charge in [0.1, 0.15) is 0 Å². The summed E-state index contributed by atoms with van der Waals surface area (Å²) in [4.78, 5) is 14.0. The van der Waals surface area contributed by atoms with Crippen LogP contribution in [0.25, 0.3) is 0 Å². The van der Waals surface area contributed by atoms with E-state index in [1.165, 1.54) is 0 Å². The van der Waals surface area contributed by atoms with Crippen LogP contribution in [0.2, 0.25) is 0 Å². The van der Waals surface area contributed by atoms with Crippen molar-refractivity contribution in [2.75, 3.05) is 18.9 Å². The van der Waals surface area contributed by atoms with Gasteiger partial charge in [0, 0.05) is 6.54 Å². The van der Waals surface area contributed by atoms with Crippen LogP contribution in [0.3, 0.4) is 0 Å². The number of rotatable bonds is 1. The predicted molar refractivity (Wildman–Crippen MR) is 57.1 cm³/mol. The lowest BCUT2D eigenvalue weighted by atomic mass is 10.1. The summed E-state index contributed by atoms with van der Waals surface area (Å²) < 4.78 is 10.1. The smallest absolute Gasteiger partial charge is 0.280 e. The summed E-state index contributed by atoms with van der Waals surface area (Å²) in [5.74, 6) is -0.153. The van der Waals surface area contributed by atoms with Gasteiger partial charge in [0.15, 0.2) is 0 Å². The van der Waals surface area contributed by atoms with E-state index >= 15 is 0 Å². The summed E-state index contributed by atoms with van der Waals surface area (Å²) in [6.45, 7) is 1.14. The van der Waals surface area contributed by atoms with Crippen molar-refractivity contribution >= 4 is 11.7 Å². The first kappa shape index (κ1) is 10.5. The Morgan fingerprint density at radius 2 is 2.29 bits per heavy atom. The van der Waals surface area contributed by atoms with Gasteiger partial charge in [-0.15, -0.1) is 0 Å². The topological polar surface area (TPSA) is 94.5 Å². The minimum atomic E-state index is -0.205. The van der Waals surface area contributed by atoms with Crippen molar-refractivity contribution < 1.29 is 14.2 Å². The molecular formula is C10H14N4O3. The van der Waals surface area contributed by atoms with Crippen molar-refractivity contribution in [3.8, 4) is 0 Å². The van der Waals surface area contributed by atoms with E-state index in [9.17, 15) is 4.79 Å². The molecule has 7 nitrogen and oxygen atoms in total. The second-order valence-corrected chi connectivity index (χ2v) is 4.40. The van der Waals surface area contributed by atoms with Gasteiger partial charge in [0.25, 0.3) is 5.91 Å². The summed E-state index contributed by atoms with van der Waals surface area (Å²) in [6, 6.07) is 0.146. The molecule has 92 valence electrons. The summed E-state index contributed by atoms with van der Waals surface area (Å²) in [5.41, 5.74) is 5.65. The van der Waals surface area contributed by atoms with Gasteiger partial charge in [-0.1, -0.05) is 0 Å². The zero-order valence-electron chi connectivity index (χ0n) is 9.33. The SMILES string of the molecule is Nc1nonc1C(=O)N1CCOC2CCCC21. The van der Waals surface area contributed by atoms with E-state index in [0.29, 0.717) is 13.2 Å². The van der Waals surface area contributed by atoms with E-state index < -0.39 is 0 Å². The van der Waals surface area contributed by atoms with Crippen molar-refractivity contribution in [2.24, 2.45) is 0 Å². The number of morpholine rings is 1. The average Bonchev–Trinajstić information content (AvgIpc) is 2.95. The van der Waals surface area contributed by atoms with Crippen LogP contribution in [-0.4, -0.2) is 46.4 Å².